The predicted molar refractivity (Wildman–Crippen MR) is 95.5 cm³/mol. The molecule has 0 saturated heterocycles. The molecule has 0 rings (SSSR count). The fourth-order valence-electron chi connectivity index (χ4n) is 2.32. The molecule has 0 heterocycles. The van der Waals surface area contributed by atoms with E-state index in [0.29, 0.717) is 0 Å². The van der Waals surface area contributed by atoms with Crippen molar-refractivity contribution in [1.82, 2.24) is 15.1 Å². The van der Waals surface area contributed by atoms with Crippen molar-refractivity contribution >= 4 is 23.9 Å². The summed E-state index contributed by atoms with van der Waals surface area (Å²) in [6.07, 6.45) is -0.735. The summed E-state index contributed by atoms with van der Waals surface area (Å²) in [7, 11) is 2.80. The van der Waals surface area contributed by atoms with Crippen LogP contribution in [0.1, 0.15) is 41.5 Å². The van der Waals surface area contributed by atoms with E-state index in [9.17, 15) is 24.3 Å². The van der Waals surface area contributed by atoms with Gasteiger partial charge in [-0.1, -0.05) is 13.8 Å². The van der Waals surface area contributed by atoms with Gasteiger partial charge in [-0.3, -0.25) is 9.59 Å². The van der Waals surface area contributed by atoms with Gasteiger partial charge in [0.2, 0.25) is 11.8 Å². The van der Waals surface area contributed by atoms with Gasteiger partial charge in [-0.15, -0.1) is 0 Å². The topological polar surface area (TPSA) is 116 Å². The standard InChI is InChI=1S/C17H31N3O6/c1-10(2)13(15(23)24)20(8)12(21)9-19(7)14(22)11(3)18-16(25)26-17(4,5)6/h10-11,13H,9H2,1-8H3,(H,18,25)(H,23,24)/t11-,13-/m0/s1. The van der Waals surface area contributed by atoms with Crippen LogP contribution in [-0.4, -0.2) is 77.1 Å². The van der Waals surface area contributed by atoms with Gasteiger partial charge in [-0.25, -0.2) is 9.59 Å². The lowest BCUT2D eigenvalue weighted by Gasteiger charge is -2.30. The summed E-state index contributed by atoms with van der Waals surface area (Å²) in [5.74, 6) is -2.39. The number of hydrogen-bond donors (Lipinski definition) is 2. The Balaban J connectivity index is 4.81. The third-order valence-corrected chi connectivity index (χ3v) is 3.55. The molecule has 0 unspecified atom stereocenters. The Morgan fingerprint density at radius 3 is 1.96 bits per heavy atom. The number of carboxylic acids is 1. The molecular weight excluding hydrogens is 342 g/mol. The van der Waals surface area contributed by atoms with Gasteiger partial charge >= 0.3 is 12.1 Å². The van der Waals surface area contributed by atoms with Crippen LogP contribution in [0.25, 0.3) is 0 Å². The van der Waals surface area contributed by atoms with Crippen LogP contribution in [0.3, 0.4) is 0 Å². The fourth-order valence-corrected chi connectivity index (χ4v) is 2.32. The van der Waals surface area contributed by atoms with Crippen molar-refractivity contribution in [1.29, 1.82) is 0 Å². The van der Waals surface area contributed by atoms with Crippen LogP contribution in [0, 0.1) is 5.92 Å². The third kappa shape index (κ3) is 7.71. The SMILES string of the molecule is CC(C)[C@@H](C(=O)O)N(C)C(=O)CN(C)C(=O)[C@H](C)NC(=O)OC(C)(C)C. The van der Waals surface area contributed by atoms with Gasteiger partial charge in [0, 0.05) is 14.1 Å². The van der Waals surface area contributed by atoms with Crippen molar-refractivity contribution in [3.8, 4) is 0 Å². The Hall–Kier alpha value is -2.32. The van der Waals surface area contributed by atoms with Crippen molar-refractivity contribution in [3.05, 3.63) is 0 Å². The van der Waals surface area contributed by atoms with Crippen LogP contribution in [-0.2, 0) is 19.1 Å². The molecule has 0 aromatic heterocycles. The molecule has 9 nitrogen and oxygen atoms in total. The highest BCUT2D eigenvalue weighted by molar-refractivity contribution is 5.90. The van der Waals surface area contributed by atoms with Crippen LogP contribution >= 0.6 is 0 Å². The second-order valence-electron chi connectivity index (χ2n) is 7.59. The molecule has 2 atom stereocenters. The zero-order valence-corrected chi connectivity index (χ0v) is 16.8. The molecule has 3 amide bonds. The molecule has 9 heteroatoms. The van der Waals surface area contributed by atoms with E-state index in [4.69, 9.17) is 4.74 Å². The van der Waals surface area contributed by atoms with Gasteiger partial charge in [0.1, 0.15) is 17.7 Å². The first-order chi connectivity index (χ1) is 11.7. The number of nitrogens with zero attached hydrogens (tertiary/aromatic N) is 2. The summed E-state index contributed by atoms with van der Waals surface area (Å²) < 4.78 is 5.08. The summed E-state index contributed by atoms with van der Waals surface area (Å²) in [5.41, 5.74) is -0.694. The van der Waals surface area contributed by atoms with E-state index in [1.165, 1.54) is 21.0 Å². The molecule has 2 N–H and O–H groups in total. The van der Waals surface area contributed by atoms with E-state index in [1.807, 2.05) is 0 Å². The van der Waals surface area contributed by atoms with Crippen molar-refractivity contribution in [2.75, 3.05) is 20.6 Å². The molecule has 0 radical (unpaired) electrons. The van der Waals surface area contributed by atoms with Gasteiger partial charge in [-0.2, -0.15) is 0 Å². The maximum absolute atomic E-state index is 12.3. The van der Waals surface area contributed by atoms with E-state index in [1.54, 1.807) is 34.6 Å². The van der Waals surface area contributed by atoms with Gasteiger partial charge in [0.15, 0.2) is 0 Å². The Bertz CT molecular complexity index is 541. The van der Waals surface area contributed by atoms with Crippen molar-refractivity contribution < 1.29 is 29.0 Å². The molecule has 0 fully saturated rings. The number of ether oxygens (including phenoxy) is 1. The zero-order valence-electron chi connectivity index (χ0n) is 16.8. The highest BCUT2D eigenvalue weighted by atomic mass is 16.6. The fraction of sp³-hybridized carbons (Fsp3) is 0.765. The van der Waals surface area contributed by atoms with Crippen LogP contribution in [0.4, 0.5) is 4.79 Å². The normalized spacial score (nSPS) is 13.6. The molecule has 0 saturated carbocycles. The summed E-state index contributed by atoms with van der Waals surface area (Å²) in [5, 5.41) is 11.7. The maximum Gasteiger partial charge on any atom is 0.408 e. The lowest BCUT2D eigenvalue weighted by Crippen LogP contribution is -2.52. The second kappa shape index (κ2) is 9.40. The van der Waals surface area contributed by atoms with E-state index in [0.717, 1.165) is 9.80 Å². The summed E-state index contributed by atoms with van der Waals surface area (Å²) in [6.45, 7) is 9.68. The molecule has 26 heavy (non-hydrogen) atoms. The van der Waals surface area contributed by atoms with E-state index in [-0.39, 0.29) is 12.5 Å². The van der Waals surface area contributed by atoms with Gasteiger partial charge < -0.3 is 25.0 Å². The Kier molecular flexibility index (Phi) is 8.56. The smallest absolute Gasteiger partial charge is 0.408 e. The number of carboxylic acid groups (broad SMARTS) is 1. The first-order valence-corrected chi connectivity index (χ1v) is 8.40. The van der Waals surface area contributed by atoms with Crippen LogP contribution in [0.2, 0.25) is 0 Å². The number of amides is 3. The molecule has 0 aromatic rings. The summed E-state index contributed by atoms with van der Waals surface area (Å²) in [6, 6.07) is -1.88. The van der Waals surface area contributed by atoms with Crippen LogP contribution in [0.15, 0.2) is 0 Å². The highest BCUT2D eigenvalue weighted by Crippen LogP contribution is 2.10. The van der Waals surface area contributed by atoms with E-state index < -0.39 is 41.6 Å². The second-order valence-corrected chi connectivity index (χ2v) is 7.59. The number of carbonyl (C=O) groups is 4. The Morgan fingerprint density at radius 2 is 1.58 bits per heavy atom. The molecule has 0 aliphatic rings. The molecular formula is C17H31N3O6. The average Bonchev–Trinajstić information content (AvgIpc) is 2.42. The minimum Gasteiger partial charge on any atom is -0.480 e. The summed E-state index contributed by atoms with van der Waals surface area (Å²) in [4.78, 5) is 49.9. The van der Waals surface area contributed by atoms with E-state index in [2.05, 4.69) is 5.32 Å². The third-order valence-electron chi connectivity index (χ3n) is 3.55. The van der Waals surface area contributed by atoms with Crippen LogP contribution in [0.5, 0.6) is 0 Å². The van der Waals surface area contributed by atoms with Gasteiger partial charge in [0.05, 0.1) is 6.54 Å². The number of alkyl carbamates (subject to hydrolysis) is 1. The zero-order chi connectivity index (χ0) is 20.8. The minimum atomic E-state index is -1.11. The van der Waals surface area contributed by atoms with Gasteiger partial charge in [-0.05, 0) is 33.6 Å². The summed E-state index contributed by atoms with van der Waals surface area (Å²) >= 11 is 0. The first kappa shape index (κ1) is 23.7. The van der Waals surface area contributed by atoms with Crippen molar-refractivity contribution in [2.45, 2.75) is 59.2 Å². The quantitative estimate of drug-likeness (QED) is 0.686. The van der Waals surface area contributed by atoms with Crippen molar-refractivity contribution in [3.63, 3.8) is 0 Å². The number of nitrogens with one attached hydrogen (secondary N) is 1. The minimum absolute atomic E-state index is 0.282. The first-order valence-electron chi connectivity index (χ1n) is 8.40. The van der Waals surface area contributed by atoms with E-state index >= 15 is 0 Å². The lowest BCUT2D eigenvalue weighted by molar-refractivity contribution is -0.152. The van der Waals surface area contributed by atoms with Gasteiger partial charge in [0.25, 0.3) is 0 Å². The number of hydrogen-bond acceptors (Lipinski definition) is 5. The number of likely N-dealkylation sites (N-methyl/N-ethyl adjacent to an activating group) is 2. The molecule has 150 valence electrons. The Morgan fingerprint density at radius 1 is 1.08 bits per heavy atom. The molecule has 0 aromatic carbocycles. The molecule has 0 spiro atoms. The predicted octanol–water partition coefficient (Wildman–Crippen LogP) is 0.926. The monoisotopic (exact) mass is 373 g/mol. The Labute approximate surface area is 154 Å². The lowest BCUT2D eigenvalue weighted by atomic mass is 10.0. The highest BCUT2D eigenvalue weighted by Gasteiger charge is 2.31. The number of carbonyl (C=O) groups excluding carboxylic acids is 3. The molecule has 0 aliphatic carbocycles. The molecule has 0 bridgehead atoms. The van der Waals surface area contributed by atoms with Crippen LogP contribution < -0.4 is 5.32 Å². The number of rotatable bonds is 7. The molecule has 0 aliphatic heterocycles. The maximum atomic E-state index is 12.3. The average molecular weight is 373 g/mol. The number of aliphatic carboxylic acids is 1. The van der Waals surface area contributed by atoms with Crippen molar-refractivity contribution in [2.24, 2.45) is 5.92 Å². The largest absolute Gasteiger partial charge is 0.480 e.